The molecule has 4 aromatic carbocycles. The van der Waals surface area contributed by atoms with Crippen molar-refractivity contribution in [1.82, 2.24) is 4.90 Å². The van der Waals surface area contributed by atoms with Crippen LogP contribution in [-0.2, 0) is 9.41 Å². The second kappa shape index (κ2) is 20.4. The molecule has 3 fully saturated rings. The van der Waals surface area contributed by atoms with E-state index in [1.165, 1.54) is 32.2 Å². The third-order valence-corrected chi connectivity index (χ3v) is 15.3. The van der Waals surface area contributed by atoms with Gasteiger partial charge in [-0.2, -0.15) is 4.65 Å². The van der Waals surface area contributed by atoms with E-state index in [0.717, 1.165) is 11.3 Å². The Labute approximate surface area is 412 Å². The van der Waals surface area contributed by atoms with Crippen LogP contribution in [0.1, 0.15) is 107 Å². The van der Waals surface area contributed by atoms with E-state index < -0.39 is 182 Å². The first-order valence-electron chi connectivity index (χ1n) is 23.2. The predicted octanol–water partition coefficient (Wildman–Crippen LogP) is 11.7. The van der Waals surface area contributed by atoms with Crippen LogP contribution in [0.3, 0.4) is 0 Å². The molecule has 74 heavy (non-hydrogen) atoms. The SMILES string of the molecule is CC1(C)CCCC(C)(C)N1CCC[B-](OB(c1c(F)c(F)c(F)c(F)c1F)c1c(F)c(F)c(F)c(F)c1F)(c1c(F)c(F)c(F)c(F)c1F)c1c(F)c(F)c(F)c(F)c1F.CC1(C)CCCC(C)(C)[N+]12CCCO2. The number of benzene rings is 4. The molecule has 3 saturated heterocycles. The van der Waals surface area contributed by atoms with Gasteiger partial charge in [0, 0.05) is 41.3 Å². The maximum atomic E-state index is 16.2. The number of rotatable bonds is 10. The number of likely N-dealkylation sites (tertiary alicyclic amines) is 1. The molecule has 7 rings (SSSR count). The molecule has 0 saturated carbocycles. The minimum Gasteiger partial charge on any atom is -0.642 e. The Morgan fingerprint density at radius 2 is 0.730 bits per heavy atom. The molecule has 3 aliphatic heterocycles. The van der Waals surface area contributed by atoms with E-state index in [0.29, 0.717) is 30.3 Å². The van der Waals surface area contributed by atoms with Crippen molar-refractivity contribution in [1.29, 1.82) is 0 Å². The molecule has 0 amide bonds. The van der Waals surface area contributed by atoms with Gasteiger partial charge in [0.25, 0.3) is 0 Å². The number of halogens is 20. The van der Waals surface area contributed by atoms with Crippen LogP contribution < -0.4 is 21.9 Å². The lowest BCUT2D eigenvalue weighted by Gasteiger charge is -2.56. The summed E-state index contributed by atoms with van der Waals surface area (Å²) in [5.74, 6) is -63.9. The smallest absolute Gasteiger partial charge is 0.329 e. The van der Waals surface area contributed by atoms with Gasteiger partial charge in [0.2, 0.25) is 0 Å². The van der Waals surface area contributed by atoms with Crippen molar-refractivity contribution in [3.8, 4) is 0 Å². The van der Waals surface area contributed by atoms with Gasteiger partial charge in [0.15, 0.2) is 99.4 Å². The van der Waals surface area contributed by atoms with Crippen molar-refractivity contribution in [3.63, 3.8) is 0 Å². The molecule has 1 spiro atoms. The van der Waals surface area contributed by atoms with Crippen molar-refractivity contribution >= 4 is 35.1 Å². The Bertz CT molecular complexity index is 2590. The molecule has 0 N–H and O–H groups in total. The highest BCUT2D eigenvalue weighted by molar-refractivity contribution is 7.03. The molecule has 26 heteroatoms. The average Bonchev–Trinajstić information content (AvgIpc) is 3.85. The summed E-state index contributed by atoms with van der Waals surface area (Å²) in [6, 6.07) is 0. The molecule has 0 radical (unpaired) electrons. The summed E-state index contributed by atoms with van der Waals surface area (Å²) in [4.78, 5) is 7.70. The van der Waals surface area contributed by atoms with Crippen LogP contribution in [0.4, 0.5) is 87.8 Å². The van der Waals surface area contributed by atoms with Crippen molar-refractivity contribution in [2.75, 3.05) is 19.7 Å². The molecular weight excluding hydrogens is 1040 g/mol. The second-order valence-corrected chi connectivity index (χ2v) is 21.3. The summed E-state index contributed by atoms with van der Waals surface area (Å²) >= 11 is 0. The number of nitrogens with zero attached hydrogens (tertiary/aromatic N) is 2. The predicted molar refractivity (Wildman–Crippen MR) is 232 cm³/mol. The van der Waals surface area contributed by atoms with Gasteiger partial charge in [0.1, 0.15) is 47.5 Å². The van der Waals surface area contributed by atoms with E-state index in [2.05, 4.69) is 27.7 Å². The van der Waals surface area contributed by atoms with Gasteiger partial charge in [-0.05, 0) is 87.6 Å². The fourth-order valence-corrected chi connectivity index (χ4v) is 11.8. The van der Waals surface area contributed by atoms with Gasteiger partial charge in [-0.1, -0.05) is 6.42 Å². The lowest BCUT2D eigenvalue weighted by molar-refractivity contribution is -1.16. The van der Waals surface area contributed by atoms with Crippen LogP contribution >= 0.6 is 0 Å². The molecule has 0 bridgehead atoms. The number of hydrogen-bond acceptors (Lipinski definition) is 3. The third-order valence-electron chi connectivity index (χ3n) is 15.3. The summed E-state index contributed by atoms with van der Waals surface area (Å²) in [6.45, 7) is 13.0. The van der Waals surface area contributed by atoms with E-state index in [-0.39, 0.29) is 0 Å². The largest absolute Gasteiger partial charge is 0.642 e. The van der Waals surface area contributed by atoms with Crippen molar-refractivity contribution < 1.29 is 102 Å². The molecular formula is C48H48B2F20N2O2. The fourth-order valence-electron chi connectivity index (χ4n) is 11.8. The van der Waals surface area contributed by atoms with Gasteiger partial charge in [-0.15, -0.1) is 17.2 Å². The van der Waals surface area contributed by atoms with E-state index in [1.54, 1.807) is 32.6 Å². The van der Waals surface area contributed by atoms with Gasteiger partial charge in [-0.25, -0.2) is 92.6 Å². The Balaban J connectivity index is 0.000000544. The maximum absolute atomic E-state index is 16.2. The van der Waals surface area contributed by atoms with Crippen molar-refractivity contribution in [2.45, 2.75) is 135 Å². The van der Waals surface area contributed by atoms with E-state index in [9.17, 15) is 35.1 Å². The van der Waals surface area contributed by atoms with Crippen LogP contribution in [0.5, 0.6) is 0 Å². The molecule has 0 atom stereocenters. The summed E-state index contributed by atoms with van der Waals surface area (Å²) < 4.78 is 310. The number of hydrogen-bond donors (Lipinski definition) is 0. The normalized spacial score (nSPS) is 19.0. The topological polar surface area (TPSA) is 21.7 Å². The number of hydroxylamine groups is 3. The lowest BCUT2D eigenvalue weighted by Crippen LogP contribution is -2.71. The van der Waals surface area contributed by atoms with Gasteiger partial charge in [-0.3, -0.25) is 4.90 Å². The maximum Gasteiger partial charge on any atom is 0.329 e. The molecule has 4 nitrogen and oxygen atoms in total. The first kappa shape index (κ1) is 58.7. The molecule has 3 heterocycles. The zero-order valence-corrected chi connectivity index (χ0v) is 40.9. The second-order valence-electron chi connectivity index (χ2n) is 21.3. The van der Waals surface area contributed by atoms with Crippen molar-refractivity contribution in [2.24, 2.45) is 0 Å². The van der Waals surface area contributed by atoms with E-state index >= 15 is 52.7 Å². The third kappa shape index (κ3) is 9.35. The zero-order chi connectivity index (χ0) is 55.9. The Morgan fingerprint density at radius 1 is 0.432 bits per heavy atom. The van der Waals surface area contributed by atoms with Crippen LogP contribution in [0.25, 0.3) is 0 Å². The molecule has 3 aliphatic rings. The minimum atomic E-state index is -6.01. The summed E-state index contributed by atoms with van der Waals surface area (Å²) in [7, 11) is 0. The highest BCUT2D eigenvalue weighted by Crippen LogP contribution is 2.48. The quantitative estimate of drug-likeness (QED) is 0.0519. The Morgan fingerprint density at radius 3 is 1.04 bits per heavy atom. The Kier molecular flexibility index (Phi) is 16.2. The van der Waals surface area contributed by atoms with Crippen LogP contribution in [0.15, 0.2) is 0 Å². The number of quaternary nitrogens is 1. The van der Waals surface area contributed by atoms with Gasteiger partial charge < -0.3 is 4.57 Å². The number of piperidine rings is 2. The monoisotopic (exact) mass is 1090 g/mol. The zero-order valence-electron chi connectivity index (χ0n) is 40.9. The minimum absolute atomic E-state index is 0.304. The van der Waals surface area contributed by atoms with Crippen LogP contribution in [0, 0.1) is 116 Å². The van der Waals surface area contributed by atoms with Gasteiger partial charge in [0.05, 0.1) is 0 Å². The van der Waals surface area contributed by atoms with E-state index in [4.69, 9.17) is 9.41 Å². The van der Waals surface area contributed by atoms with E-state index in [1.807, 2.05) is 0 Å². The fraction of sp³-hybridized carbons (Fsp3) is 0.500. The molecule has 4 aromatic rings. The standard InChI is InChI=1S/C36H24B2F20NO.C12H24NO/c1-35(2)7-5-8-36(3,4)59(35)10-6-9-38(13-19(43)27(51)33(57)28(52)20(13)44,14-21(45)29(53)34(58)30(54)22(14)46)60-37(11-15(39)23(47)31(55)24(48)16(11)40)12-17(41)25(49)32(56)26(50)18(12)42;1-11(2)7-5-8-12(3,4)13(11)9-6-10-14-13/h5-10H2,1-4H3;5-10H2,1-4H3/q-1;+1. The summed E-state index contributed by atoms with van der Waals surface area (Å²) in [5.41, 5.74) is -12.7. The molecule has 0 aliphatic carbocycles. The van der Waals surface area contributed by atoms with Crippen LogP contribution in [-0.4, -0.2) is 64.7 Å². The van der Waals surface area contributed by atoms with Crippen molar-refractivity contribution in [3.05, 3.63) is 116 Å². The molecule has 408 valence electrons. The molecule has 0 aromatic heterocycles. The lowest BCUT2D eigenvalue weighted by atomic mass is 9.27. The first-order valence-corrected chi connectivity index (χ1v) is 23.2. The van der Waals surface area contributed by atoms with Crippen LogP contribution in [0.2, 0.25) is 6.32 Å². The summed E-state index contributed by atoms with van der Waals surface area (Å²) in [6.07, 6.45) is -2.62. The summed E-state index contributed by atoms with van der Waals surface area (Å²) in [5, 5.41) is 0. The van der Waals surface area contributed by atoms with Gasteiger partial charge >= 0.3 is 6.92 Å². The first-order chi connectivity index (χ1) is 34.0. The highest BCUT2D eigenvalue weighted by atomic mass is 19.2. The highest BCUT2D eigenvalue weighted by Gasteiger charge is 2.60. The Hall–Kier alpha value is -4.55. The average molecular weight is 1090 g/mol. The molecule has 0 unspecified atom stereocenters.